The van der Waals surface area contributed by atoms with E-state index in [2.05, 4.69) is 15.5 Å². The van der Waals surface area contributed by atoms with Crippen LogP contribution in [-0.2, 0) is 6.42 Å². The van der Waals surface area contributed by atoms with Gasteiger partial charge < -0.3 is 0 Å². The minimum absolute atomic E-state index is 0.00702. The number of benzene rings is 1. The second-order valence-electron chi connectivity index (χ2n) is 5.25. The number of hydrogen-bond acceptors (Lipinski definition) is 7. The molecule has 2 aromatic rings. The van der Waals surface area contributed by atoms with Gasteiger partial charge >= 0.3 is 5.69 Å². The van der Waals surface area contributed by atoms with E-state index in [0.717, 1.165) is 17.7 Å². The molecule has 0 bridgehead atoms. The van der Waals surface area contributed by atoms with Crippen LogP contribution in [0.25, 0.3) is 6.08 Å². The second-order valence-corrected chi connectivity index (χ2v) is 6.10. The average molecular weight is 394 g/mol. The zero-order valence-corrected chi connectivity index (χ0v) is 14.4. The maximum atomic E-state index is 11.1. The number of hydrazone groups is 1. The number of allylic oxidation sites excluding steroid dienone is 1. The molecule has 9 nitrogen and oxygen atoms in total. The summed E-state index contributed by atoms with van der Waals surface area (Å²) in [6.07, 6.45) is 3.44. The van der Waals surface area contributed by atoms with E-state index in [0.29, 0.717) is 27.9 Å². The van der Waals surface area contributed by atoms with E-state index in [4.69, 9.17) is 23.2 Å². The molecule has 11 heteroatoms. The Bertz CT molecular complexity index is 990. The van der Waals surface area contributed by atoms with Gasteiger partial charge in [-0.2, -0.15) is 5.10 Å². The maximum absolute atomic E-state index is 11.1. The minimum Gasteiger partial charge on any atom is -0.271 e. The summed E-state index contributed by atoms with van der Waals surface area (Å²) >= 11 is 12.1. The molecule has 0 atom stereocenters. The number of nitro benzene ring substituents is 2. The topological polar surface area (TPSA) is 124 Å². The molecule has 1 aromatic heterocycles. The van der Waals surface area contributed by atoms with Gasteiger partial charge in [0, 0.05) is 18.7 Å². The molecule has 0 aliphatic heterocycles. The molecule has 0 fully saturated rings. The van der Waals surface area contributed by atoms with Crippen LogP contribution in [0.15, 0.2) is 40.6 Å². The third kappa shape index (κ3) is 3.63. The lowest BCUT2D eigenvalue weighted by atomic mass is 10.0. The Balaban J connectivity index is 1.91. The smallest absolute Gasteiger partial charge is 0.271 e. The summed E-state index contributed by atoms with van der Waals surface area (Å²) in [5, 5.41) is 26.8. The molecular weight excluding hydrogens is 385 g/mol. The number of nitro groups is 2. The third-order valence-electron chi connectivity index (χ3n) is 3.57. The highest BCUT2D eigenvalue weighted by Crippen LogP contribution is 2.30. The van der Waals surface area contributed by atoms with E-state index in [9.17, 15) is 20.2 Å². The van der Waals surface area contributed by atoms with Gasteiger partial charge in [-0.25, -0.2) is 0 Å². The van der Waals surface area contributed by atoms with Crippen molar-refractivity contribution >= 4 is 52.1 Å². The second kappa shape index (κ2) is 7.06. The number of aromatic nitrogens is 1. The van der Waals surface area contributed by atoms with Gasteiger partial charge in [-0.15, -0.1) is 0 Å². The van der Waals surface area contributed by atoms with E-state index in [1.165, 1.54) is 12.3 Å². The lowest BCUT2D eigenvalue weighted by molar-refractivity contribution is -0.393. The van der Waals surface area contributed by atoms with Crippen molar-refractivity contribution < 1.29 is 9.85 Å². The van der Waals surface area contributed by atoms with Crippen LogP contribution in [-0.4, -0.2) is 20.5 Å². The first-order valence-corrected chi connectivity index (χ1v) is 7.88. The van der Waals surface area contributed by atoms with Gasteiger partial charge in [0.15, 0.2) is 0 Å². The summed E-state index contributed by atoms with van der Waals surface area (Å²) in [5.41, 5.74) is 3.60. The van der Waals surface area contributed by atoms with Gasteiger partial charge in [0.1, 0.15) is 5.69 Å². The molecule has 1 N–H and O–H groups in total. The fourth-order valence-electron chi connectivity index (χ4n) is 2.33. The van der Waals surface area contributed by atoms with E-state index in [1.807, 2.05) is 0 Å². The van der Waals surface area contributed by atoms with Crippen LogP contribution in [0.4, 0.5) is 17.1 Å². The Morgan fingerprint density at radius 2 is 1.92 bits per heavy atom. The first-order valence-electron chi connectivity index (χ1n) is 7.12. The standard InChI is InChI=1S/C15H9Cl2N5O4/c16-9-3-8-4-14(11(17)6-13(8)18-7-9)20-19-12-2-1-10(21(23)24)5-15(12)22(25)26/h1-3,5-7,19H,4H2. The number of halogens is 2. The predicted octanol–water partition coefficient (Wildman–Crippen LogP) is 4.16. The molecule has 3 rings (SSSR count). The van der Waals surface area contributed by atoms with Gasteiger partial charge in [-0.05, 0) is 23.8 Å². The van der Waals surface area contributed by atoms with Crippen molar-refractivity contribution in [2.24, 2.45) is 5.10 Å². The number of hydrogen-bond donors (Lipinski definition) is 1. The molecule has 1 aliphatic rings. The largest absolute Gasteiger partial charge is 0.301 e. The molecule has 1 heterocycles. The van der Waals surface area contributed by atoms with Crippen molar-refractivity contribution in [3.63, 3.8) is 0 Å². The molecule has 26 heavy (non-hydrogen) atoms. The van der Waals surface area contributed by atoms with Crippen molar-refractivity contribution in [3.8, 4) is 0 Å². The monoisotopic (exact) mass is 393 g/mol. The molecular formula is C15H9Cl2N5O4. The summed E-state index contributed by atoms with van der Waals surface area (Å²) in [4.78, 5) is 24.6. The van der Waals surface area contributed by atoms with Gasteiger partial charge in [0.25, 0.3) is 5.69 Å². The SMILES string of the molecule is O=[N+]([O-])c1ccc(NN=C2Cc3cc(Cl)cnc3C=C2Cl)c([N+](=O)[O-])c1. The number of rotatable bonds is 4. The quantitative estimate of drug-likeness (QED) is 0.614. The number of anilines is 1. The molecule has 0 radical (unpaired) electrons. The molecule has 0 amide bonds. The fourth-order valence-corrected chi connectivity index (χ4v) is 2.72. The fraction of sp³-hybridized carbons (Fsp3) is 0.0667. The Morgan fingerprint density at radius 1 is 1.15 bits per heavy atom. The third-order valence-corrected chi connectivity index (χ3v) is 4.10. The van der Waals surface area contributed by atoms with Crippen LogP contribution < -0.4 is 5.43 Å². The van der Waals surface area contributed by atoms with Gasteiger partial charge in [0.05, 0.1) is 37.4 Å². The molecule has 0 spiro atoms. The number of nitrogens with zero attached hydrogens (tertiary/aromatic N) is 4. The normalized spacial score (nSPS) is 14.5. The van der Waals surface area contributed by atoms with E-state index >= 15 is 0 Å². The van der Waals surface area contributed by atoms with Gasteiger partial charge in [0.2, 0.25) is 0 Å². The molecule has 0 unspecified atom stereocenters. The summed E-state index contributed by atoms with van der Waals surface area (Å²) < 4.78 is 0. The zero-order chi connectivity index (χ0) is 18.8. The van der Waals surface area contributed by atoms with Gasteiger partial charge in [-0.1, -0.05) is 23.2 Å². The van der Waals surface area contributed by atoms with Crippen molar-refractivity contribution in [3.05, 3.63) is 72.0 Å². The summed E-state index contributed by atoms with van der Waals surface area (Å²) in [6, 6.07) is 4.95. The molecule has 132 valence electrons. The van der Waals surface area contributed by atoms with Crippen molar-refractivity contribution in [2.75, 3.05) is 5.43 Å². The summed E-state index contributed by atoms with van der Waals surface area (Å²) in [5.74, 6) is 0. The van der Waals surface area contributed by atoms with Crippen LogP contribution in [0, 0.1) is 20.2 Å². The Labute approximate surface area is 156 Å². The van der Waals surface area contributed by atoms with Crippen molar-refractivity contribution in [1.82, 2.24) is 4.98 Å². The lowest BCUT2D eigenvalue weighted by Gasteiger charge is -2.14. The highest BCUT2D eigenvalue weighted by molar-refractivity contribution is 6.46. The van der Waals surface area contributed by atoms with Crippen LogP contribution in [0.1, 0.15) is 11.3 Å². The predicted molar refractivity (Wildman–Crippen MR) is 97.6 cm³/mol. The highest BCUT2D eigenvalue weighted by Gasteiger charge is 2.21. The van der Waals surface area contributed by atoms with Gasteiger partial charge in [-0.3, -0.25) is 30.6 Å². The average Bonchev–Trinajstić information content (AvgIpc) is 2.60. The molecule has 1 aliphatic carbocycles. The zero-order valence-electron chi connectivity index (χ0n) is 12.8. The first-order chi connectivity index (χ1) is 12.3. The molecule has 0 saturated heterocycles. The number of pyridine rings is 1. The number of nitrogens with one attached hydrogen (secondary N) is 1. The highest BCUT2D eigenvalue weighted by atomic mass is 35.5. The van der Waals surface area contributed by atoms with E-state index < -0.39 is 15.5 Å². The first kappa shape index (κ1) is 17.8. The lowest BCUT2D eigenvalue weighted by Crippen LogP contribution is -2.13. The van der Waals surface area contributed by atoms with Crippen LogP contribution in [0.3, 0.4) is 0 Å². The number of fused-ring (bicyclic) bond motifs is 1. The van der Waals surface area contributed by atoms with Crippen molar-refractivity contribution in [2.45, 2.75) is 6.42 Å². The summed E-state index contributed by atoms with van der Waals surface area (Å²) in [7, 11) is 0. The maximum Gasteiger partial charge on any atom is 0.301 e. The van der Waals surface area contributed by atoms with E-state index in [1.54, 1.807) is 12.1 Å². The van der Waals surface area contributed by atoms with E-state index in [-0.39, 0.29) is 11.4 Å². The molecule has 1 aromatic carbocycles. The number of non-ortho nitro benzene ring substituents is 1. The Morgan fingerprint density at radius 3 is 2.62 bits per heavy atom. The Kier molecular flexibility index (Phi) is 4.83. The molecule has 0 saturated carbocycles. The van der Waals surface area contributed by atoms with Crippen LogP contribution in [0.2, 0.25) is 5.02 Å². The summed E-state index contributed by atoms with van der Waals surface area (Å²) in [6.45, 7) is 0. The van der Waals surface area contributed by atoms with Crippen molar-refractivity contribution in [1.29, 1.82) is 0 Å². The van der Waals surface area contributed by atoms with Crippen LogP contribution >= 0.6 is 23.2 Å². The van der Waals surface area contributed by atoms with Crippen LogP contribution in [0.5, 0.6) is 0 Å². The Hall–Kier alpha value is -3.04. The minimum atomic E-state index is -0.729.